The van der Waals surface area contributed by atoms with Crippen LogP contribution in [0.3, 0.4) is 0 Å². The lowest BCUT2D eigenvalue weighted by Crippen LogP contribution is -2.24. The molecule has 0 atom stereocenters. The number of carboxylic acid groups (broad SMARTS) is 1. The highest BCUT2D eigenvalue weighted by molar-refractivity contribution is 6.15. The maximum absolute atomic E-state index is 12.5. The molecule has 20 heavy (non-hydrogen) atoms. The zero-order valence-electron chi connectivity index (χ0n) is 11.0. The number of hydrogen-bond acceptors (Lipinski definition) is 2. The second kappa shape index (κ2) is 4.49. The van der Waals surface area contributed by atoms with Gasteiger partial charge in [-0.1, -0.05) is 24.3 Å². The molecule has 4 heteroatoms. The van der Waals surface area contributed by atoms with E-state index in [0.717, 1.165) is 16.8 Å². The summed E-state index contributed by atoms with van der Waals surface area (Å²) in [6, 6.07) is 12.6. The topological polar surface area (TPSA) is 57.6 Å². The quantitative estimate of drug-likeness (QED) is 0.910. The summed E-state index contributed by atoms with van der Waals surface area (Å²) in [6.45, 7) is 2.37. The maximum Gasteiger partial charge on any atom is 0.336 e. The second-order valence-electron chi connectivity index (χ2n) is 4.88. The number of nitrogens with zero attached hydrogens (tertiary/aromatic N) is 1. The Balaban J connectivity index is 2.07. The van der Waals surface area contributed by atoms with Crippen molar-refractivity contribution in [2.75, 3.05) is 4.90 Å². The molecule has 100 valence electrons. The fraction of sp³-hybridized carbons (Fsp3) is 0.125. The lowest BCUT2D eigenvalue weighted by Gasteiger charge is -2.16. The van der Waals surface area contributed by atoms with Gasteiger partial charge in [0.2, 0.25) is 0 Å². The smallest absolute Gasteiger partial charge is 0.336 e. The van der Waals surface area contributed by atoms with E-state index in [1.54, 1.807) is 17.0 Å². The summed E-state index contributed by atoms with van der Waals surface area (Å²) in [4.78, 5) is 25.3. The molecule has 0 aliphatic carbocycles. The number of benzene rings is 2. The van der Waals surface area contributed by atoms with Crippen LogP contribution in [-0.2, 0) is 6.54 Å². The van der Waals surface area contributed by atoms with Gasteiger partial charge in [-0.25, -0.2) is 4.79 Å². The fourth-order valence-electron chi connectivity index (χ4n) is 2.54. The Labute approximate surface area is 116 Å². The minimum atomic E-state index is -1.07. The van der Waals surface area contributed by atoms with E-state index >= 15 is 0 Å². The lowest BCUT2D eigenvalue weighted by atomic mass is 10.0. The normalized spacial score (nSPS) is 13.4. The molecule has 0 bridgehead atoms. The van der Waals surface area contributed by atoms with Crippen molar-refractivity contribution in [1.82, 2.24) is 0 Å². The van der Waals surface area contributed by atoms with Crippen LogP contribution >= 0.6 is 0 Å². The Morgan fingerprint density at radius 3 is 2.65 bits per heavy atom. The summed E-state index contributed by atoms with van der Waals surface area (Å²) >= 11 is 0. The van der Waals surface area contributed by atoms with E-state index in [2.05, 4.69) is 0 Å². The third-order valence-electron chi connectivity index (χ3n) is 3.48. The summed E-state index contributed by atoms with van der Waals surface area (Å²) < 4.78 is 0. The van der Waals surface area contributed by atoms with Gasteiger partial charge in [0, 0.05) is 5.69 Å². The third-order valence-corrected chi connectivity index (χ3v) is 3.48. The highest BCUT2D eigenvalue weighted by Crippen LogP contribution is 2.30. The fourth-order valence-corrected chi connectivity index (χ4v) is 2.54. The number of carbonyl (C=O) groups is 2. The van der Waals surface area contributed by atoms with Crippen molar-refractivity contribution in [1.29, 1.82) is 0 Å². The van der Waals surface area contributed by atoms with Gasteiger partial charge in [0.1, 0.15) is 0 Å². The average molecular weight is 267 g/mol. The molecule has 1 N–H and O–H groups in total. The number of aromatic carboxylic acids is 1. The first-order chi connectivity index (χ1) is 9.58. The largest absolute Gasteiger partial charge is 0.478 e. The molecule has 0 saturated heterocycles. The minimum Gasteiger partial charge on any atom is -0.478 e. The summed E-state index contributed by atoms with van der Waals surface area (Å²) in [5.41, 5.74) is 2.99. The molecule has 0 radical (unpaired) electrons. The number of aryl methyl sites for hydroxylation is 1. The summed E-state index contributed by atoms with van der Waals surface area (Å²) in [6.07, 6.45) is 0. The molecular formula is C16H13NO3. The molecule has 1 amide bonds. The number of carboxylic acids is 1. The van der Waals surface area contributed by atoms with Crippen molar-refractivity contribution in [3.05, 3.63) is 64.7 Å². The van der Waals surface area contributed by atoms with Crippen molar-refractivity contribution >= 4 is 17.6 Å². The first-order valence-electron chi connectivity index (χ1n) is 6.31. The molecule has 2 aromatic carbocycles. The van der Waals surface area contributed by atoms with Gasteiger partial charge in [-0.2, -0.15) is 0 Å². The minimum absolute atomic E-state index is 0.0719. The molecule has 0 saturated carbocycles. The summed E-state index contributed by atoms with van der Waals surface area (Å²) in [7, 11) is 0. The van der Waals surface area contributed by atoms with Gasteiger partial charge >= 0.3 is 5.97 Å². The first-order valence-corrected chi connectivity index (χ1v) is 6.31. The van der Waals surface area contributed by atoms with Gasteiger partial charge in [0.25, 0.3) is 5.91 Å². The summed E-state index contributed by atoms with van der Waals surface area (Å²) in [5, 5.41) is 9.20. The molecule has 1 heterocycles. The van der Waals surface area contributed by atoms with Crippen LogP contribution in [0.25, 0.3) is 0 Å². The molecule has 2 aromatic rings. The SMILES string of the molecule is Cc1cccc(N2Cc3cccc(C(=O)O)c3C2=O)c1. The Hall–Kier alpha value is -2.62. The number of hydrogen-bond donors (Lipinski definition) is 1. The zero-order valence-corrected chi connectivity index (χ0v) is 11.0. The van der Waals surface area contributed by atoms with Crippen LogP contribution in [-0.4, -0.2) is 17.0 Å². The molecule has 0 unspecified atom stereocenters. The first kappa shape index (κ1) is 12.4. The number of carbonyl (C=O) groups excluding carboxylic acids is 1. The predicted molar refractivity (Wildman–Crippen MR) is 75.1 cm³/mol. The predicted octanol–water partition coefficient (Wildman–Crippen LogP) is 2.85. The molecule has 4 nitrogen and oxygen atoms in total. The lowest BCUT2D eigenvalue weighted by molar-refractivity contribution is 0.0692. The number of anilines is 1. The van der Waals surface area contributed by atoms with Crippen molar-refractivity contribution in [2.24, 2.45) is 0 Å². The van der Waals surface area contributed by atoms with Gasteiger partial charge in [-0.15, -0.1) is 0 Å². The third kappa shape index (κ3) is 1.86. The van der Waals surface area contributed by atoms with Gasteiger partial charge in [0.05, 0.1) is 17.7 Å². The number of rotatable bonds is 2. The summed E-state index contributed by atoms with van der Waals surface area (Å²) in [5.74, 6) is -1.31. The van der Waals surface area contributed by atoms with Crippen LogP contribution in [0.2, 0.25) is 0 Å². The van der Waals surface area contributed by atoms with Crippen LogP contribution in [0.15, 0.2) is 42.5 Å². The molecule has 0 spiro atoms. The van der Waals surface area contributed by atoms with Crippen molar-refractivity contribution in [3.8, 4) is 0 Å². The molecule has 1 aliphatic heterocycles. The van der Waals surface area contributed by atoms with Crippen molar-refractivity contribution in [2.45, 2.75) is 13.5 Å². The Morgan fingerprint density at radius 2 is 1.95 bits per heavy atom. The van der Waals surface area contributed by atoms with Crippen LogP contribution in [0, 0.1) is 6.92 Å². The van der Waals surface area contributed by atoms with E-state index in [1.807, 2.05) is 31.2 Å². The Kier molecular flexibility index (Phi) is 2.79. The average Bonchev–Trinajstić information content (AvgIpc) is 2.76. The standard InChI is InChI=1S/C16H13NO3/c1-10-4-2-6-12(8-10)17-9-11-5-3-7-13(16(19)20)14(11)15(17)18/h2-8H,9H2,1H3,(H,19,20). The van der Waals surface area contributed by atoms with E-state index in [1.165, 1.54) is 6.07 Å². The number of fused-ring (bicyclic) bond motifs is 1. The van der Waals surface area contributed by atoms with E-state index in [4.69, 9.17) is 0 Å². The van der Waals surface area contributed by atoms with Gasteiger partial charge < -0.3 is 10.0 Å². The van der Waals surface area contributed by atoms with Crippen LogP contribution in [0.1, 0.15) is 31.8 Å². The second-order valence-corrected chi connectivity index (χ2v) is 4.88. The van der Waals surface area contributed by atoms with Crippen LogP contribution in [0.4, 0.5) is 5.69 Å². The van der Waals surface area contributed by atoms with E-state index < -0.39 is 5.97 Å². The van der Waals surface area contributed by atoms with Crippen molar-refractivity contribution < 1.29 is 14.7 Å². The van der Waals surface area contributed by atoms with E-state index in [0.29, 0.717) is 12.1 Å². The van der Waals surface area contributed by atoms with E-state index in [9.17, 15) is 14.7 Å². The van der Waals surface area contributed by atoms with Gasteiger partial charge in [0.15, 0.2) is 0 Å². The highest BCUT2D eigenvalue weighted by Gasteiger charge is 2.32. The molecule has 3 rings (SSSR count). The van der Waals surface area contributed by atoms with Crippen LogP contribution < -0.4 is 4.90 Å². The van der Waals surface area contributed by atoms with Crippen molar-refractivity contribution in [3.63, 3.8) is 0 Å². The Bertz CT molecular complexity index is 721. The molecule has 0 aromatic heterocycles. The Morgan fingerprint density at radius 1 is 1.20 bits per heavy atom. The zero-order chi connectivity index (χ0) is 14.3. The number of amides is 1. The molecular weight excluding hydrogens is 254 g/mol. The monoisotopic (exact) mass is 267 g/mol. The van der Waals surface area contributed by atoms with Crippen LogP contribution in [0.5, 0.6) is 0 Å². The van der Waals surface area contributed by atoms with Gasteiger partial charge in [-0.3, -0.25) is 4.79 Å². The van der Waals surface area contributed by atoms with E-state index in [-0.39, 0.29) is 11.5 Å². The van der Waals surface area contributed by atoms with Gasteiger partial charge in [-0.05, 0) is 36.2 Å². The highest BCUT2D eigenvalue weighted by atomic mass is 16.4. The maximum atomic E-state index is 12.5. The molecule has 0 fully saturated rings. The molecule has 1 aliphatic rings.